The van der Waals surface area contributed by atoms with Gasteiger partial charge in [0.2, 0.25) is 15.7 Å². The monoisotopic (exact) mass is 468 g/mol. The molecule has 9 heteroatoms. The Morgan fingerprint density at radius 2 is 1.62 bits per heavy atom. The van der Waals surface area contributed by atoms with E-state index in [0.29, 0.717) is 31.9 Å². The second-order valence-corrected chi connectivity index (χ2v) is 9.94. The van der Waals surface area contributed by atoms with Gasteiger partial charge in [0.25, 0.3) is 5.16 Å². The van der Waals surface area contributed by atoms with E-state index in [0.717, 1.165) is 24.7 Å². The Morgan fingerprint density at radius 3 is 2.21 bits per heavy atom. The van der Waals surface area contributed by atoms with Crippen LogP contribution in [0, 0.1) is 0 Å². The van der Waals surface area contributed by atoms with Crippen molar-refractivity contribution >= 4 is 44.6 Å². The highest BCUT2D eigenvalue weighted by molar-refractivity contribution is 7.90. The van der Waals surface area contributed by atoms with Crippen molar-refractivity contribution in [2.45, 2.75) is 24.1 Å². The predicted molar refractivity (Wildman–Crippen MR) is 115 cm³/mol. The first-order chi connectivity index (χ1) is 13.7. The molecule has 1 heterocycles. The van der Waals surface area contributed by atoms with Crippen molar-refractivity contribution < 1.29 is 13.2 Å². The molecule has 1 fully saturated rings. The maximum Gasteiger partial charge on any atom is 0.250 e. The summed E-state index contributed by atoms with van der Waals surface area (Å²) in [7, 11) is -3.69. The third-order valence-electron chi connectivity index (χ3n) is 4.31. The van der Waals surface area contributed by atoms with Crippen molar-refractivity contribution in [2.75, 3.05) is 6.26 Å². The summed E-state index contributed by atoms with van der Waals surface area (Å²) in [5.74, 6) is 0.200. The topological polar surface area (TPSA) is 69.2 Å². The van der Waals surface area contributed by atoms with Crippen LogP contribution in [-0.2, 0) is 9.84 Å². The first kappa shape index (κ1) is 20.4. The number of ether oxygens (including phenoxy) is 1. The summed E-state index contributed by atoms with van der Waals surface area (Å²) < 4.78 is 30.5. The molecule has 1 aliphatic rings. The van der Waals surface area contributed by atoms with E-state index in [9.17, 15) is 8.42 Å². The molecule has 0 N–H and O–H groups in total. The molecule has 0 atom stereocenters. The van der Waals surface area contributed by atoms with Crippen molar-refractivity contribution in [3.05, 3.63) is 57.5 Å². The highest BCUT2D eigenvalue weighted by Crippen LogP contribution is 2.42. The van der Waals surface area contributed by atoms with Crippen LogP contribution in [0.5, 0.6) is 5.88 Å². The maximum absolute atomic E-state index is 12.2. The SMILES string of the molecule is CS(=O)(=O)c1nc(OC2CC2)c(-c2ccc(Cl)cc2)c(-c2ccc(Cl)cc2Cl)n1. The summed E-state index contributed by atoms with van der Waals surface area (Å²) >= 11 is 18.5. The first-order valence-corrected chi connectivity index (χ1v) is 11.7. The van der Waals surface area contributed by atoms with Gasteiger partial charge in [-0.2, -0.15) is 4.98 Å². The van der Waals surface area contributed by atoms with E-state index in [1.165, 1.54) is 0 Å². The van der Waals surface area contributed by atoms with Crippen LogP contribution in [0.4, 0.5) is 0 Å². The van der Waals surface area contributed by atoms with Gasteiger partial charge in [0.1, 0.15) is 6.10 Å². The van der Waals surface area contributed by atoms with Gasteiger partial charge in [-0.25, -0.2) is 13.4 Å². The Hall–Kier alpha value is -1.86. The van der Waals surface area contributed by atoms with Crippen LogP contribution in [0.15, 0.2) is 47.6 Å². The van der Waals surface area contributed by atoms with Gasteiger partial charge in [-0.15, -0.1) is 0 Å². The van der Waals surface area contributed by atoms with Gasteiger partial charge < -0.3 is 4.74 Å². The Kier molecular flexibility index (Phi) is 5.46. The summed E-state index contributed by atoms with van der Waals surface area (Å²) in [6, 6.07) is 12.0. The standard InChI is InChI=1S/C20H15Cl3N2O3S/c1-29(26,27)20-24-18(15-9-6-13(22)10-16(15)23)17(11-2-4-12(21)5-3-11)19(25-20)28-14-7-8-14/h2-6,9-10,14H,7-8H2,1H3. The van der Waals surface area contributed by atoms with Crippen LogP contribution in [0.3, 0.4) is 0 Å². The lowest BCUT2D eigenvalue weighted by molar-refractivity contribution is 0.289. The normalized spacial score (nSPS) is 14.1. The number of rotatable bonds is 5. The molecule has 3 aromatic rings. The van der Waals surface area contributed by atoms with Crippen LogP contribution in [0.25, 0.3) is 22.4 Å². The van der Waals surface area contributed by atoms with Gasteiger partial charge in [0.15, 0.2) is 0 Å². The van der Waals surface area contributed by atoms with Gasteiger partial charge in [0, 0.05) is 21.9 Å². The number of aromatic nitrogens is 2. The van der Waals surface area contributed by atoms with Gasteiger partial charge in [-0.1, -0.05) is 46.9 Å². The van der Waals surface area contributed by atoms with Gasteiger partial charge in [-0.3, -0.25) is 0 Å². The molecule has 29 heavy (non-hydrogen) atoms. The minimum atomic E-state index is -3.69. The van der Waals surface area contributed by atoms with Crippen molar-refractivity contribution in [3.8, 4) is 28.3 Å². The molecule has 5 nitrogen and oxygen atoms in total. The zero-order valence-corrected chi connectivity index (χ0v) is 18.3. The van der Waals surface area contributed by atoms with E-state index in [2.05, 4.69) is 9.97 Å². The third kappa shape index (κ3) is 4.51. The molecule has 0 unspecified atom stereocenters. The van der Waals surface area contributed by atoms with Crippen LogP contribution >= 0.6 is 34.8 Å². The average molecular weight is 470 g/mol. The van der Waals surface area contributed by atoms with Gasteiger partial charge in [0.05, 0.1) is 16.3 Å². The number of halogens is 3. The maximum atomic E-state index is 12.2. The summed E-state index contributed by atoms with van der Waals surface area (Å²) in [5, 5.41) is 1.03. The van der Waals surface area contributed by atoms with E-state index in [4.69, 9.17) is 39.5 Å². The summed E-state index contributed by atoms with van der Waals surface area (Å²) in [5.41, 5.74) is 2.14. The lowest BCUT2D eigenvalue weighted by atomic mass is 10.00. The lowest BCUT2D eigenvalue weighted by Gasteiger charge is -2.16. The fourth-order valence-corrected chi connectivity index (χ4v) is 3.90. The second-order valence-electron chi connectivity index (χ2n) is 6.76. The zero-order valence-electron chi connectivity index (χ0n) is 15.2. The number of hydrogen-bond donors (Lipinski definition) is 0. The molecule has 1 aromatic heterocycles. The Balaban J connectivity index is 2.05. The molecule has 1 saturated carbocycles. The Bertz CT molecular complexity index is 1190. The van der Waals surface area contributed by atoms with Gasteiger partial charge in [-0.05, 0) is 48.7 Å². The molecule has 0 radical (unpaired) electrons. The smallest absolute Gasteiger partial charge is 0.250 e. The molecule has 0 spiro atoms. The average Bonchev–Trinajstić information content (AvgIpc) is 3.45. The Morgan fingerprint density at radius 1 is 0.966 bits per heavy atom. The number of nitrogens with zero attached hydrogens (tertiary/aromatic N) is 2. The number of hydrogen-bond acceptors (Lipinski definition) is 5. The van der Waals surface area contributed by atoms with E-state index >= 15 is 0 Å². The predicted octanol–water partition coefficient (Wildman–Crippen LogP) is 5.72. The number of benzene rings is 2. The largest absolute Gasteiger partial charge is 0.474 e. The second kappa shape index (κ2) is 7.76. The molecule has 0 saturated heterocycles. The van der Waals surface area contributed by atoms with Crippen molar-refractivity contribution in [1.82, 2.24) is 9.97 Å². The lowest BCUT2D eigenvalue weighted by Crippen LogP contribution is -2.10. The van der Waals surface area contributed by atoms with Crippen molar-refractivity contribution in [2.24, 2.45) is 0 Å². The highest BCUT2D eigenvalue weighted by atomic mass is 35.5. The minimum Gasteiger partial charge on any atom is -0.474 e. The van der Waals surface area contributed by atoms with Crippen LogP contribution < -0.4 is 4.74 Å². The van der Waals surface area contributed by atoms with Crippen molar-refractivity contribution in [1.29, 1.82) is 0 Å². The van der Waals surface area contributed by atoms with Gasteiger partial charge >= 0.3 is 0 Å². The van der Waals surface area contributed by atoms with Crippen LogP contribution in [0.2, 0.25) is 15.1 Å². The summed E-state index contributed by atoms with van der Waals surface area (Å²) in [4.78, 5) is 8.59. The molecule has 0 amide bonds. The fraction of sp³-hybridized carbons (Fsp3) is 0.200. The zero-order chi connectivity index (χ0) is 20.8. The van der Waals surface area contributed by atoms with Crippen LogP contribution in [0.1, 0.15) is 12.8 Å². The van der Waals surface area contributed by atoms with Crippen LogP contribution in [-0.4, -0.2) is 30.7 Å². The number of sulfone groups is 1. The molecule has 0 aliphatic heterocycles. The minimum absolute atomic E-state index is 0.00287. The summed E-state index contributed by atoms with van der Waals surface area (Å²) in [6.45, 7) is 0. The molecule has 0 bridgehead atoms. The fourth-order valence-electron chi connectivity index (χ4n) is 2.77. The molecule has 150 valence electrons. The molecule has 1 aliphatic carbocycles. The van der Waals surface area contributed by atoms with E-state index in [1.807, 2.05) is 0 Å². The Labute approximate surface area is 183 Å². The van der Waals surface area contributed by atoms with E-state index in [-0.39, 0.29) is 17.1 Å². The molecular weight excluding hydrogens is 455 g/mol. The quantitative estimate of drug-likeness (QED) is 0.447. The first-order valence-electron chi connectivity index (χ1n) is 8.72. The molecule has 4 rings (SSSR count). The molecule has 2 aromatic carbocycles. The highest BCUT2D eigenvalue weighted by Gasteiger charge is 2.29. The molecular formula is C20H15Cl3N2O3S. The van der Waals surface area contributed by atoms with Crippen molar-refractivity contribution in [3.63, 3.8) is 0 Å². The van der Waals surface area contributed by atoms with E-state index < -0.39 is 9.84 Å². The van der Waals surface area contributed by atoms with E-state index in [1.54, 1.807) is 42.5 Å². The third-order valence-corrected chi connectivity index (χ3v) is 5.95. The summed E-state index contributed by atoms with van der Waals surface area (Å²) in [6.07, 6.45) is 2.82.